The summed E-state index contributed by atoms with van der Waals surface area (Å²) in [7, 11) is 0. The molecule has 72 valence electrons. The lowest BCUT2D eigenvalue weighted by molar-refractivity contribution is 0.362. The van der Waals surface area contributed by atoms with Crippen molar-refractivity contribution < 1.29 is 0 Å². The first kappa shape index (κ1) is 8.60. The molecule has 0 bridgehead atoms. The van der Waals surface area contributed by atoms with E-state index < -0.39 is 0 Å². The molecule has 1 aliphatic heterocycles. The molecule has 0 fully saturated rings. The van der Waals surface area contributed by atoms with Crippen LogP contribution in [-0.2, 0) is 6.42 Å². The van der Waals surface area contributed by atoms with Gasteiger partial charge in [0.2, 0.25) is 0 Å². The summed E-state index contributed by atoms with van der Waals surface area (Å²) in [5.41, 5.74) is 0.190. The number of nitrogens with zero attached hydrogens (tertiary/aromatic N) is 3. The molecule has 0 N–H and O–H groups in total. The Morgan fingerprint density at radius 1 is 1.38 bits per heavy atom. The van der Waals surface area contributed by atoms with Gasteiger partial charge in [0.1, 0.15) is 5.82 Å². The third-order valence-electron chi connectivity index (χ3n) is 2.50. The van der Waals surface area contributed by atoms with Crippen LogP contribution in [0.5, 0.6) is 0 Å². The fourth-order valence-electron chi connectivity index (χ4n) is 1.88. The number of imidazole rings is 1. The number of hydrogen-bond acceptors (Lipinski definition) is 2. The smallest absolute Gasteiger partial charge is 0.127 e. The van der Waals surface area contributed by atoms with Gasteiger partial charge in [-0.1, -0.05) is 0 Å². The second kappa shape index (κ2) is 2.76. The van der Waals surface area contributed by atoms with E-state index in [-0.39, 0.29) is 5.54 Å². The number of fused-ring (bicyclic) bond motifs is 1. The summed E-state index contributed by atoms with van der Waals surface area (Å²) in [6, 6.07) is 0. The molecule has 0 unspecified atom stereocenters. The molecule has 0 amide bonds. The molecule has 3 nitrogen and oxygen atoms in total. The lowest BCUT2D eigenvalue weighted by Crippen LogP contribution is -2.52. The van der Waals surface area contributed by atoms with E-state index in [0.717, 1.165) is 13.0 Å². The zero-order valence-corrected chi connectivity index (χ0v) is 8.62. The second-order valence-electron chi connectivity index (χ2n) is 4.59. The van der Waals surface area contributed by atoms with Gasteiger partial charge in [-0.2, -0.15) is 0 Å². The first-order valence-corrected chi connectivity index (χ1v) is 4.89. The van der Waals surface area contributed by atoms with E-state index in [1.807, 2.05) is 6.20 Å². The summed E-state index contributed by atoms with van der Waals surface area (Å²) >= 11 is 0. The molecule has 1 aromatic rings. The third-order valence-corrected chi connectivity index (χ3v) is 2.50. The summed E-state index contributed by atoms with van der Waals surface area (Å²) in [6.07, 6.45) is 6.27. The standard InChI is InChI=1S/C10H17N3/c1-10(2,3)13-7-4-5-9-11-6-8-12(9)13/h6,8H,4-5,7H2,1-3H3. The van der Waals surface area contributed by atoms with Gasteiger partial charge in [0.05, 0.1) is 0 Å². The van der Waals surface area contributed by atoms with Crippen LogP contribution in [0.15, 0.2) is 12.4 Å². The minimum absolute atomic E-state index is 0.190. The maximum Gasteiger partial charge on any atom is 0.127 e. The SMILES string of the molecule is CC(C)(C)N1CCCc2nccn21. The second-order valence-corrected chi connectivity index (χ2v) is 4.59. The van der Waals surface area contributed by atoms with Crippen LogP contribution in [0.3, 0.4) is 0 Å². The number of rotatable bonds is 0. The Balaban J connectivity index is 2.35. The van der Waals surface area contributed by atoms with Crippen LogP contribution in [-0.4, -0.2) is 21.7 Å². The summed E-state index contributed by atoms with van der Waals surface area (Å²) in [5, 5.41) is 2.37. The van der Waals surface area contributed by atoms with Crippen LogP contribution in [0.25, 0.3) is 0 Å². The summed E-state index contributed by atoms with van der Waals surface area (Å²) in [5.74, 6) is 1.20. The molecule has 13 heavy (non-hydrogen) atoms. The van der Waals surface area contributed by atoms with E-state index >= 15 is 0 Å². The lowest BCUT2D eigenvalue weighted by atomic mass is 10.1. The van der Waals surface area contributed by atoms with E-state index in [0.29, 0.717) is 0 Å². The molecule has 0 aromatic carbocycles. The number of aromatic nitrogens is 2. The number of aryl methyl sites for hydroxylation is 1. The predicted molar refractivity (Wildman–Crippen MR) is 53.4 cm³/mol. The van der Waals surface area contributed by atoms with Gasteiger partial charge in [0.15, 0.2) is 0 Å². The summed E-state index contributed by atoms with van der Waals surface area (Å²) in [6.45, 7) is 7.85. The molecular weight excluding hydrogens is 162 g/mol. The Bertz CT molecular complexity index is 295. The van der Waals surface area contributed by atoms with Gasteiger partial charge < -0.3 is 5.01 Å². The largest absolute Gasteiger partial charge is 0.306 e. The highest BCUT2D eigenvalue weighted by Gasteiger charge is 2.25. The fourth-order valence-corrected chi connectivity index (χ4v) is 1.88. The topological polar surface area (TPSA) is 21.1 Å². The van der Waals surface area contributed by atoms with Crippen molar-refractivity contribution in [3.8, 4) is 0 Å². The molecule has 0 saturated heterocycles. The molecule has 1 aliphatic rings. The maximum absolute atomic E-state index is 4.34. The van der Waals surface area contributed by atoms with E-state index in [9.17, 15) is 0 Å². The highest BCUT2D eigenvalue weighted by Crippen LogP contribution is 2.18. The quantitative estimate of drug-likeness (QED) is 0.602. The minimum Gasteiger partial charge on any atom is -0.306 e. The van der Waals surface area contributed by atoms with Crippen LogP contribution >= 0.6 is 0 Å². The van der Waals surface area contributed by atoms with Gasteiger partial charge in [-0.05, 0) is 27.2 Å². The Hall–Kier alpha value is -0.990. The van der Waals surface area contributed by atoms with Gasteiger partial charge in [-0.25, -0.2) is 9.66 Å². The predicted octanol–water partition coefficient (Wildman–Crippen LogP) is 1.57. The fraction of sp³-hybridized carbons (Fsp3) is 0.700. The van der Waals surface area contributed by atoms with E-state index in [2.05, 4.69) is 41.6 Å². The van der Waals surface area contributed by atoms with Crippen molar-refractivity contribution in [1.82, 2.24) is 9.66 Å². The Morgan fingerprint density at radius 3 is 2.85 bits per heavy atom. The van der Waals surface area contributed by atoms with Crippen molar-refractivity contribution in [2.24, 2.45) is 0 Å². The molecule has 0 atom stereocenters. The van der Waals surface area contributed by atoms with Gasteiger partial charge in [-0.15, -0.1) is 0 Å². The Kier molecular flexibility index (Phi) is 1.82. The zero-order valence-electron chi connectivity index (χ0n) is 8.62. The first-order valence-electron chi connectivity index (χ1n) is 4.89. The summed E-state index contributed by atoms with van der Waals surface area (Å²) in [4.78, 5) is 4.34. The normalized spacial score (nSPS) is 17.3. The Morgan fingerprint density at radius 2 is 2.15 bits per heavy atom. The van der Waals surface area contributed by atoms with Crippen LogP contribution < -0.4 is 5.01 Å². The summed E-state index contributed by atoms with van der Waals surface area (Å²) < 4.78 is 2.20. The van der Waals surface area contributed by atoms with Crippen molar-refractivity contribution in [3.63, 3.8) is 0 Å². The van der Waals surface area contributed by atoms with Crippen molar-refractivity contribution >= 4 is 0 Å². The molecule has 1 aromatic heterocycles. The average Bonchev–Trinajstić information content (AvgIpc) is 2.48. The highest BCUT2D eigenvalue weighted by molar-refractivity contribution is 5.09. The molecule has 0 saturated carbocycles. The van der Waals surface area contributed by atoms with E-state index in [1.165, 1.54) is 12.2 Å². The monoisotopic (exact) mass is 179 g/mol. The molecule has 0 spiro atoms. The molecule has 0 radical (unpaired) electrons. The van der Waals surface area contributed by atoms with E-state index in [1.54, 1.807) is 0 Å². The van der Waals surface area contributed by atoms with Crippen LogP contribution in [0, 0.1) is 0 Å². The number of hydrogen-bond donors (Lipinski definition) is 0. The molecule has 2 rings (SSSR count). The average molecular weight is 179 g/mol. The van der Waals surface area contributed by atoms with Gasteiger partial charge >= 0.3 is 0 Å². The van der Waals surface area contributed by atoms with Gasteiger partial charge in [-0.3, -0.25) is 0 Å². The molecule has 0 aliphatic carbocycles. The Labute approximate surface area is 79.3 Å². The zero-order chi connectivity index (χ0) is 9.47. The first-order chi connectivity index (χ1) is 6.09. The van der Waals surface area contributed by atoms with Crippen LogP contribution in [0.4, 0.5) is 0 Å². The minimum atomic E-state index is 0.190. The van der Waals surface area contributed by atoms with Crippen molar-refractivity contribution in [2.45, 2.75) is 39.2 Å². The molecule has 3 heteroatoms. The molecule has 2 heterocycles. The maximum atomic E-state index is 4.34. The van der Waals surface area contributed by atoms with Crippen LogP contribution in [0.2, 0.25) is 0 Å². The molecular formula is C10H17N3. The van der Waals surface area contributed by atoms with Crippen molar-refractivity contribution in [1.29, 1.82) is 0 Å². The van der Waals surface area contributed by atoms with E-state index in [4.69, 9.17) is 0 Å². The van der Waals surface area contributed by atoms with Gasteiger partial charge in [0.25, 0.3) is 0 Å². The third kappa shape index (κ3) is 1.43. The van der Waals surface area contributed by atoms with Crippen molar-refractivity contribution in [3.05, 3.63) is 18.2 Å². The van der Waals surface area contributed by atoms with Crippen molar-refractivity contribution in [2.75, 3.05) is 11.6 Å². The van der Waals surface area contributed by atoms with Crippen LogP contribution in [0.1, 0.15) is 33.0 Å². The lowest BCUT2D eigenvalue weighted by Gasteiger charge is -2.41. The van der Waals surface area contributed by atoms with Gasteiger partial charge in [0, 0.05) is 30.9 Å². The highest BCUT2D eigenvalue weighted by atomic mass is 15.6.